The molecular weight excluding hydrogens is 374 g/mol. The monoisotopic (exact) mass is 397 g/mol. The Morgan fingerprint density at radius 1 is 1.04 bits per heavy atom. The summed E-state index contributed by atoms with van der Waals surface area (Å²) >= 11 is 0.935. The Bertz CT molecular complexity index is 965. The van der Waals surface area contributed by atoms with Gasteiger partial charge in [-0.1, -0.05) is 26.0 Å². The summed E-state index contributed by atoms with van der Waals surface area (Å²) in [6.45, 7) is 6.14. The molecule has 3 rings (SSSR count). The van der Waals surface area contributed by atoms with E-state index >= 15 is 0 Å². The number of aryl methyl sites for hydroxylation is 1. The van der Waals surface area contributed by atoms with Crippen molar-refractivity contribution in [1.29, 1.82) is 0 Å². The van der Waals surface area contributed by atoms with Gasteiger partial charge in [0.1, 0.15) is 11.5 Å². The summed E-state index contributed by atoms with van der Waals surface area (Å²) in [6, 6.07) is 11.0. The predicted molar refractivity (Wildman–Crippen MR) is 113 cm³/mol. The number of carbonyl (C=O) groups excluding carboxylic acids is 2. The first-order chi connectivity index (χ1) is 13.4. The van der Waals surface area contributed by atoms with Crippen LogP contribution in [0, 0.1) is 6.92 Å². The maximum absolute atomic E-state index is 13.0. The number of carbonyl (C=O) groups is 2. The van der Waals surface area contributed by atoms with E-state index in [0.29, 0.717) is 16.3 Å². The first-order valence-corrected chi connectivity index (χ1v) is 9.78. The second-order valence-corrected chi connectivity index (χ2v) is 7.79. The summed E-state index contributed by atoms with van der Waals surface area (Å²) in [6.07, 6.45) is 1.78. The smallest absolute Gasteiger partial charge is 0.298 e. The summed E-state index contributed by atoms with van der Waals surface area (Å²) in [7, 11) is 3.17. The van der Waals surface area contributed by atoms with Crippen molar-refractivity contribution < 1.29 is 19.1 Å². The van der Waals surface area contributed by atoms with Gasteiger partial charge in [-0.05, 0) is 71.6 Å². The van der Waals surface area contributed by atoms with Gasteiger partial charge in [0.25, 0.3) is 11.1 Å². The van der Waals surface area contributed by atoms with Crippen LogP contribution in [0.2, 0.25) is 0 Å². The molecule has 1 aliphatic heterocycles. The standard InChI is InChI=1S/C22H23NO4S/c1-13(2)16-11-15(14(3)10-19(16)27-5)12-20-21(24)23(22(25)28-20)17-8-6-7-9-18(17)26-4/h6-13H,1-5H3/b20-12-. The Hall–Kier alpha value is -2.73. The molecule has 1 heterocycles. The molecule has 28 heavy (non-hydrogen) atoms. The average Bonchev–Trinajstić information content (AvgIpc) is 2.95. The molecule has 2 aromatic rings. The average molecular weight is 397 g/mol. The SMILES string of the molecule is COc1cc(C)c(/C=C2\SC(=O)N(c3ccccc3OC)C2=O)cc1C(C)C. The predicted octanol–water partition coefficient (Wildman–Crippen LogP) is 5.38. The highest BCUT2D eigenvalue weighted by molar-refractivity contribution is 8.19. The van der Waals surface area contributed by atoms with E-state index < -0.39 is 0 Å². The van der Waals surface area contributed by atoms with E-state index in [9.17, 15) is 9.59 Å². The summed E-state index contributed by atoms with van der Waals surface area (Å²) in [5, 5.41) is -0.337. The van der Waals surface area contributed by atoms with Crippen LogP contribution in [0.15, 0.2) is 41.3 Å². The van der Waals surface area contributed by atoms with Gasteiger partial charge in [-0.3, -0.25) is 9.59 Å². The van der Waals surface area contributed by atoms with E-state index in [1.54, 1.807) is 37.5 Å². The lowest BCUT2D eigenvalue weighted by atomic mass is 9.96. The van der Waals surface area contributed by atoms with Crippen molar-refractivity contribution >= 4 is 34.7 Å². The number of methoxy groups -OCH3 is 2. The quantitative estimate of drug-likeness (QED) is 0.634. The Labute approximate surface area is 169 Å². The fourth-order valence-electron chi connectivity index (χ4n) is 3.13. The largest absolute Gasteiger partial charge is 0.496 e. The first-order valence-electron chi connectivity index (χ1n) is 8.96. The van der Waals surface area contributed by atoms with Crippen molar-refractivity contribution in [3.05, 3.63) is 58.0 Å². The van der Waals surface area contributed by atoms with Gasteiger partial charge in [-0.25, -0.2) is 4.90 Å². The maximum atomic E-state index is 13.0. The summed E-state index contributed by atoms with van der Waals surface area (Å²) < 4.78 is 10.8. The van der Waals surface area contributed by atoms with Gasteiger partial charge in [0.2, 0.25) is 0 Å². The number of anilines is 1. The number of thioether (sulfide) groups is 1. The third-order valence-electron chi connectivity index (χ3n) is 4.65. The minimum Gasteiger partial charge on any atom is -0.496 e. The Kier molecular flexibility index (Phi) is 5.79. The first kappa shape index (κ1) is 20.0. The fraction of sp³-hybridized carbons (Fsp3) is 0.273. The number of imide groups is 1. The normalized spacial score (nSPS) is 15.6. The van der Waals surface area contributed by atoms with Crippen molar-refractivity contribution in [2.75, 3.05) is 19.1 Å². The Morgan fingerprint density at radius 3 is 2.36 bits per heavy atom. The highest BCUT2D eigenvalue weighted by Crippen LogP contribution is 2.40. The van der Waals surface area contributed by atoms with Crippen LogP contribution in [-0.4, -0.2) is 25.4 Å². The summed E-state index contributed by atoms with van der Waals surface area (Å²) in [4.78, 5) is 27.1. The second-order valence-electron chi connectivity index (χ2n) is 6.79. The molecule has 2 aromatic carbocycles. The number of para-hydroxylation sites is 2. The summed E-state index contributed by atoms with van der Waals surface area (Å²) in [5.74, 6) is 1.23. The molecule has 0 atom stereocenters. The van der Waals surface area contributed by atoms with Gasteiger partial charge in [-0.2, -0.15) is 0 Å². The molecule has 0 N–H and O–H groups in total. The maximum Gasteiger partial charge on any atom is 0.298 e. The van der Waals surface area contributed by atoms with Gasteiger partial charge >= 0.3 is 0 Å². The topological polar surface area (TPSA) is 55.8 Å². The highest BCUT2D eigenvalue weighted by Gasteiger charge is 2.37. The van der Waals surface area contributed by atoms with E-state index in [0.717, 1.165) is 39.1 Å². The Morgan fingerprint density at radius 2 is 1.71 bits per heavy atom. The lowest BCUT2D eigenvalue weighted by molar-refractivity contribution is -0.113. The second kappa shape index (κ2) is 8.10. The van der Waals surface area contributed by atoms with Crippen LogP contribution in [0.5, 0.6) is 11.5 Å². The molecule has 0 unspecified atom stereocenters. The van der Waals surface area contributed by atoms with Crippen LogP contribution >= 0.6 is 11.8 Å². The number of hydrogen-bond acceptors (Lipinski definition) is 5. The number of ether oxygens (including phenoxy) is 2. The molecule has 2 amide bonds. The molecule has 1 aliphatic rings. The van der Waals surface area contributed by atoms with E-state index in [1.807, 2.05) is 19.1 Å². The molecular formula is C22H23NO4S. The van der Waals surface area contributed by atoms with Gasteiger partial charge in [0.15, 0.2) is 0 Å². The molecule has 1 saturated heterocycles. The van der Waals surface area contributed by atoms with Crippen LogP contribution in [0.4, 0.5) is 10.5 Å². The lowest BCUT2D eigenvalue weighted by Crippen LogP contribution is -2.28. The molecule has 0 aliphatic carbocycles. The van der Waals surface area contributed by atoms with Crippen LogP contribution in [-0.2, 0) is 4.79 Å². The number of rotatable bonds is 5. The summed E-state index contributed by atoms with van der Waals surface area (Å²) in [5.41, 5.74) is 3.38. The zero-order valence-electron chi connectivity index (χ0n) is 16.6. The van der Waals surface area contributed by atoms with Crippen molar-refractivity contribution in [2.45, 2.75) is 26.7 Å². The van der Waals surface area contributed by atoms with E-state index in [-0.39, 0.29) is 17.1 Å². The van der Waals surface area contributed by atoms with Crippen molar-refractivity contribution in [1.82, 2.24) is 0 Å². The molecule has 0 saturated carbocycles. The number of amides is 2. The Balaban J connectivity index is 2.02. The molecule has 0 spiro atoms. The molecule has 146 valence electrons. The molecule has 0 radical (unpaired) electrons. The van der Waals surface area contributed by atoms with E-state index in [2.05, 4.69) is 13.8 Å². The molecule has 0 aromatic heterocycles. The zero-order valence-corrected chi connectivity index (χ0v) is 17.4. The van der Waals surface area contributed by atoms with Crippen molar-refractivity contribution in [3.8, 4) is 11.5 Å². The van der Waals surface area contributed by atoms with Crippen LogP contribution < -0.4 is 14.4 Å². The van der Waals surface area contributed by atoms with Gasteiger partial charge in [-0.15, -0.1) is 0 Å². The van der Waals surface area contributed by atoms with Gasteiger partial charge < -0.3 is 9.47 Å². The molecule has 1 fully saturated rings. The minimum absolute atomic E-state index is 0.270. The number of hydrogen-bond donors (Lipinski definition) is 0. The number of benzene rings is 2. The lowest BCUT2D eigenvalue weighted by Gasteiger charge is -2.16. The van der Waals surface area contributed by atoms with E-state index in [4.69, 9.17) is 9.47 Å². The van der Waals surface area contributed by atoms with Crippen LogP contribution in [0.1, 0.15) is 36.5 Å². The third-order valence-corrected chi connectivity index (χ3v) is 5.52. The molecule has 0 bridgehead atoms. The highest BCUT2D eigenvalue weighted by atomic mass is 32.2. The van der Waals surface area contributed by atoms with E-state index in [1.165, 1.54) is 7.11 Å². The van der Waals surface area contributed by atoms with Crippen molar-refractivity contribution in [3.63, 3.8) is 0 Å². The van der Waals surface area contributed by atoms with Crippen molar-refractivity contribution in [2.24, 2.45) is 0 Å². The van der Waals surface area contributed by atoms with Gasteiger partial charge in [0, 0.05) is 0 Å². The zero-order chi connectivity index (χ0) is 20.4. The molecule has 5 nitrogen and oxygen atoms in total. The van der Waals surface area contributed by atoms with Crippen LogP contribution in [0.3, 0.4) is 0 Å². The van der Waals surface area contributed by atoms with Crippen LogP contribution in [0.25, 0.3) is 6.08 Å². The van der Waals surface area contributed by atoms with Gasteiger partial charge in [0.05, 0.1) is 24.8 Å². The third kappa shape index (κ3) is 3.64. The molecule has 6 heteroatoms. The number of nitrogens with zero attached hydrogens (tertiary/aromatic N) is 1. The fourth-order valence-corrected chi connectivity index (χ4v) is 3.96. The minimum atomic E-state index is -0.346.